The monoisotopic (exact) mass is 475 g/mol. The smallest absolute Gasteiger partial charge is 0.261 e. The second-order valence-corrected chi connectivity index (χ2v) is 10.3. The first kappa shape index (κ1) is 24.3. The van der Waals surface area contributed by atoms with Crippen molar-refractivity contribution in [2.24, 2.45) is 11.3 Å². The van der Waals surface area contributed by atoms with E-state index in [0.717, 1.165) is 17.7 Å². The maximum Gasteiger partial charge on any atom is 0.261 e. The first-order chi connectivity index (χ1) is 15.0. The lowest BCUT2D eigenvalue weighted by atomic mass is 9.84. The van der Waals surface area contributed by atoms with Gasteiger partial charge in [-0.05, 0) is 48.4 Å². The zero-order chi connectivity index (χ0) is 23.6. The Morgan fingerprint density at radius 3 is 2.22 bits per heavy atom. The molecule has 1 aliphatic rings. The number of rotatable bonds is 8. The van der Waals surface area contributed by atoms with E-state index in [1.54, 1.807) is 24.3 Å². The highest BCUT2D eigenvalue weighted by Gasteiger charge is 2.37. The Morgan fingerprint density at radius 1 is 1.06 bits per heavy atom. The Bertz CT molecular complexity index is 1020. The molecule has 1 heterocycles. The van der Waals surface area contributed by atoms with E-state index >= 15 is 0 Å². The van der Waals surface area contributed by atoms with Crippen LogP contribution in [0.4, 0.5) is 0 Å². The van der Waals surface area contributed by atoms with Gasteiger partial charge in [0.25, 0.3) is 11.8 Å². The largest absolute Gasteiger partial charge is 0.491 e. The fourth-order valence-corrected chi connectivity index (χ4v) is 4.58. The molecular formula is C25H27Cl2NO4. The topological polar surface area (TPSA) is 63.7 Å². The van der Waals surface area contributed by atoms with Gasteiger partial charge in [0.2, 0.25) is 0 Å². The molecule has 0 N–H and O–H groups in total. The Balaban J connectivity index is 1.75. The molecule has 3 rings (SSSR count). The van der Waals surface area contributed by atoms with E-state index in [1.165, 1.54) is 12.1 Å². The number of imide groups is 1. The number of carbonyl (C=O) groups excluding carboxylic acids is 3. The number of hydrogen-bond acceptors (Lipinski definition) is 4. The van der Waals surface area contributed by atoms with Crippen LogP contribution in [-0.4, -0.2) is 35.6 Å². The maximum absolute atomic E-state index is 13.1. The maximum atomic E-state index is 13.1. The number of Topliss-reactive ketones (excluding diaryl/α,β-unsaturated/α-hetero) is 1. The van der Waals surface area contributed by atoms with Gasteiger partial charge in [-0.2, -0.15) is 0 Å². The van der Waals surface area contributed by atoms with Crippen molar-refractivity contribution in [3.63, 3.8) is 0 Å². The highest BCUT2D eigenvalue weighted by Crippen LogP contribution is 2.34. The van der Waals surface area contributed by atoms with Gasteiger partial charge in [-0.3, -0.25) is 19.3 Å². The molecule has 0 fully saturated rings. The van der Waals surface area contributed by atoms with Crippen molar-refractivity contribution in [2.45, 2.75) is 40.5 Å². The first-order valence-electron chi connectivity index (χ1n) is 10.6. The van der Waals surface area contributed by atoms with Crippen molar-refractivity contribution in [1.82, 2.24) is 4.90 Å². The summed E-state index contributed by atoms with van der Waals surface area (Å²) in [6.07, 6.45) is 1.83. The van der Waals surface area contributed by atoms with Crippen molar-refractivity contribution in [3.8, 4) is 5.75 Å². The van der Waals surface area contributed by atoms with Crippen molar-refractivity contribution in [3.05, 3.63) is 63.1 Å². The van der Waals surface area contributed by atoms with Gasteiger partial charge in [-0.15, -0.1) is 0 Å². The Morgan fingerprint density at radius 2 is 1.66 bits per heavy atom. The van der Waals surface area contributed by atoms with Crippen molar-refractivity contribution in [1.29, 1.82) is 0 Å². The molecular weight excluding hydrogens is 449 g/mol. The van der Waals surface area contributed by atoms with E-state index in [2.05, 4.69) is 27.7 Å². The van der Waals surface area contributed by atoms with Crippen LogP contribution in [0.3, 0.4) is 0 Å². The summed E-state index contributed by atoms with van der Waals surface area (Å²) in [7, 11) is 0. The van der Waals surface area contributed by atoms with E-state index in [4.69, 9.17) is 27.9 Å². The zero-order valence-corrected chi connectivity index (χ0v) is 20.2. The molecule has 0 radical (unpaired) electrons. The predicted molar refractivity (Wildman–Crippen MR) is 126 cm³/mol. The third-order valence-electron chi connectivity index (χ3n) is 5.31. The lowest BCUT2D eigenvalue weighted by Gasteiger charge is -2.23. The number of fused-ring (bicyclic) bond motifs is 1. The molecule has 0 saturated carbocycles. The van der Waals surface area contributed by atoms with E-state index in [-0.39, 0.29) is 26.8 Å². The summed E-state index contributed by atoms with van der Waals surface area (Å²) in [5.74, 6) is -0.808. The van der Waals surface area contributed by atoms with Crippen LogP contribution in [0, 0.1) is 11.3 Å². The SMILES string of the molecule is CC(CCOc1c(Cl)cc(Cl)cc1C(=O)CN1C(=O)c2ccccc2C1=O)CC(C)(C)C. The summed E-state index contributed by atoms with van der Waals surface area (Å²) in [5, 5.41) is 0.487. The number of benzene rings is 2. The van der Waals surface area contributed by atoms with E-state index in [1.807, 2.05) is 0 Å². The molecule has 0 aliphatic carbocycles. The average molecular weight is 476 g/mol. The minimum atomic E-state index is -0.495. The lowest BCUT2D eigenvalue weighted by molar-refractivity contribution is 0.0623. The molecule has 2 aromatic rings. The summed E-state index contributed by atoms with van der Waals surface area (Å²) in [4.78, 5) is 39.3. The highest BCUT2D eigenvalue weighted by molar-refractivity contribution is 6.36. The number of nitrogens with zero attached hydrogens (tertiary/aromatic N) is 1. The summed E-state index contributed by atoms with van der Waals surface area (Å²) >= 11 is 12.5. The molecule has 2 aromatic carbocycles. The second-order valence-electron chi connectivity index (χ2n) is 9.44. The van der Waals surface area contributed by atoms with Crippen LogP contribution in [0.15, 0.2) is 36.4 Å². The third kappa shape index (κ3) is 5.51. The minimum absolute atomic E-state index is 0.155. The number of amides is 2. The molecule has 2 amide bonds. The van der Waals surface area contributed by atoms with Crippen LogP contribution in [0.2, 0.25) is 10.0 Å². The summed E-state index contributed by atoms with van der Waals surface area (Å²) in [6, 6.07) is 9.47. The highest BCUT2D eigenvalue weighted by atomic mass is 35.5. The molecule has 170 valence electrons. The van der Waals surface area contributed by atoms with Gasteiger partial charge in [0.15, 0.2) is 5.78 Å². The van der Waals surface area contributed by atoms with Crippen LogP contribution in [0.25, 0.3) is 0 Å². The van der Waals surface area contributed by atoms with Crippen molar-refractivity contribution >= 4 is 40.8 Å². The molecule has 5 nitrogen and oxygen atoms in total. The quantitative estimate of drug-likeness (QED) is 0.331. The normalized spacial score (nSPS) is 14.5. The van der Waals surface area contributed by atoms with Gasteiger partial charge < -0.3 is 4.74 Å². The van der Waals surface area contributed by atoms with E-state index < -0.39 is 24.1 Å². The molecule has 7 heteroatoms. The predicted octanol–water partition coefficient (Wildman–Crippen LogP) is 6.31. The number of ether oxygens (including phenoxy) is 1. The summed E-state index contributed by atoms with van der Waals surface area (Å²) < 4.78 is 5.91. The summed E-state index contributed by atoms with van der Waals surface area (Å²) in [5.41, 5.74) is 0.949. The van der Waals surface area contributed by atoms with Crippen LogP contribution >= 0.6 is 23.2 Å². The third-order valence-corrected chi connectivity index (χ3v) is 5.81. The Kier molecular flexibility index (Phi) is 7.31. The van der Waals surface area contributed by atoms with Gasteiger partial charge in [0.1, 0.15) is 5.75 Å². The van der Waals surface area contributed by atoms with Gasteiger partial charge in [0.05, 0.1) is 34.9 Å². The van der Waals surface area contributed by atoms with Gasteiger partial charge >= 0.3 is 0 Å². The van der Waals surface area contributed by atoms with E-state index in [9.17, 15) is 14.4 Å². The number of carbonyl (C=O) groups is 3. The molecule has 0 aromatic heterocycles. The second kappa shape index (κ2) is 9.63. The molecule has 0 bridgehead atoms. The van der Waals surface area contributed by atoms with Crippen LogP contribution in [-0.2, 0) is 0 Å². The van der Waals surface area contributed by atoms with Gasteiger partial charge in [-0.25, -0.2) is 0 Å². The van der Waals surface area contributed by atoms with Gasteiger partial charge in [0, 0.05) is 5.02 Å². The fourth-order valence-electron chi connectivity index (χ4n) is 4.04. The van der Waals surface area contributed by atoms with Gasteiger partial charge in [-0.1, -0.05) is 63.0 Å². The zero-order valence-electron chi connectivity index (χ0n) is 18.7. The molecule has 1 unspecified atom stereocenters. The standard InChI is InChI=1S/C25H27Cl2NO4/c1-15(13-25(2,3)4)9-10-32-22-19(11-16(26)12-20(22)27)21(29)14-28-23(30)17-7-5-6-8-18(17)24(28)31/h5-8,11-12,15H,9-10,13-14H2,1-4H3. The number of ketones is 1. The molecule has 0 saturated heterocycles. The Labute approximate surface area is 198 Å². The number of halogens is 2. The fraction of sp³-hybridized carbons (Fsp3) is 0.400. The summed E-state index contributed by atoms with van der Waals surface area (Å²) in [6.45, 7) is 8.70. The van der Waals surface area contributed by atoms with Crippen molar-refractivity contribution < 1.29 is 19.1 Å². The van der Waals surface area contributed by atoms with Crippen LogP contribution < -0.4 is 4.74 Å². The van der Waals surface area contributed by atoms with Crippen LogP contribution in [0.1, 0.15) is 71.6 Å². The first-order valence-corrected chi connectivity index (χ1v) is 11.3. The minimum Gasteiger partial charge on any atom is -0.491 e. The molecule has 1 aliphatic heterocycles. The van der Waals surface area contributed by atoms with Crippen LogP contribution in [0.5, 0.6) is 5.75 Å². The molecule has 0 spiro atoms. The van der Waals surface area contributed by atoms with Crippen molar-refractivity contribution in [2.75, 3.05) is 13.2 Å². The molecule has 1 atom stereocenters. The molecule has 32 heavy (non-hydrogen) atoms. The average Bonchev–Trinajstić information content (AvgIpc) is 2.93. The number of hydrogen-bond donors (Lipinski definition) is 0. The Hall–Kier alpha value is -2.37. The lowest BCUT2D eigenvalue weighted by Crippen LogP contribution is -2.35. The van der Waals surface area contributed by atoms with E-state index in [0.29, 0.717) is 23.7 Å².